The van der Waals surface area contributed by atoms with Gasteiger partial charge in [-0.25, -0.2) is 0 Å². The molecule has 0 amide bonds. The minimum absolute atomic E-state index is 0.0613. The third-order valence-electron chi connectivity index (χ3n) is 3.46. The molecule has 114 valence electrons. The van der Waals surface area contributed by atoms with Gasteiger partial charge in [0.05, 0.1) is 0 Å². The number of rotatable bonds is 4. The molecule has 0 heterocycles. The maximum atomic E-state index is 3.24. The fourth-order valence-corrected chi connectivity index (χ4v) is 2.45. The van der Waals surface area contributed by atoms with E-state index < -0.39 is 0 Å². The second-order valence-electron chi connectivity index (χ2n) is 6.59. The van der Waals surface area contributed by atoms with E-state index in [1.807, 2.05) is 13.1 Å². The van der Waals surface area contributed by atoms with Crippen molar-refractivity contribution in [2.45, 2.75) is 33.7 Å². The van der Waals surface area contributed by atoms with Gasteiger partial charge in [0.15, 0.2) is 0 Å². The minimum atomic E-state index is 0.0613. The molecule has 0 aliphatic carbocycles. The Hall–Kier alpha value is -2.04. The topological polar surface area (TPSA) is 12.0 Å². The molecule has 0 fully saturated rings. The van der Waals surface area contributed by atoms with Crippen LogP contribution in [0, 0.1) is 17.3 Å². The molecule has 0 saturated heterocycles. The predicted octanol–water partition coefficient (Wildman–Crippen LogP) is 4.71. The first-order valence-electron chi connectivity index (χ1n) is 7.83. The molecule has 22 heavy (non-hydrogen) atoms. The molecular formula is C21H25N. The van der Waals surface area contributed by atoms with Crippen molar-refractivity contribution in [2.24, 2.45) is 5.41 Å². The van der Waals surface area contributed by atoms with E-state index in [2.05, 4.69) is 80.4 Å². The summed E-state index contributed by atoms with van der Waals surface area (Å²) in [4.78, 5) is 0. The minimum Gasteiger partial charge on any atom is -0.316 e. The van der Waals surface area contributed by atoms with Gasteiger partial charge in [-0.2, -0.15) is 0 Å². The Kier molecular flexibility index (Phi) is 5.41. The molecule has 0 saturated carbocycles. The fourth-order valence-electron chi connectivity index (χ4n) is 2.45. The van der Waals surface area contributed by atoms with Crippen LogP contribution in [0.4, 0.5) is 0 Å². The predicted molar refractivity (Wildman–Crippen MR) is 96.8 cm³/mol. The first-order valence-corrected chi connectivity index (χ1v) is 7.83. The largest absolute Gasteiger partial charge is 0.316 e. The fraction of sp³-hybridized carbons (Fsp3) is 0.333. The average Bonchev–Trinajstić information content (AvgIpc) is 2.48. The Morgan fingerprint density at radius 2 is 1.64 bits per heavy atom. The lowest BCUT2D eigenvalue weighted by Crippen LogP contribution is -2.05. The normalized spacial score (nSPS) is 11.6. The van der Waals surface area contributed by atoms with Crippen LogP contribution < -0.4 is 5.32 Å². The standard InChI is InChI=1S/C21H25N/c1-21(2,3)15-9-5-6-10-17-13-14-18(16-22-4)20-12-8-7-11-19(17)20/h5-8,11-14,22H,10,16H2,1-4H3/b6-5+. The van der Waals surface area contributed by atoms with Crippen molar-refractivity contribution < 1.29 is 0 Å². The third-order valence-corrected chi connectivity index (χ3v) is 3.46. The second-order valence-corrected chi connectivity index (χ2v) is 6.59. The number of hydrogen-bond donors (Lipinski definition) is 1. The van der Waals surface area contributed by atoms with Crippen LogP contribution in [0.1, 0.15) is 31.9 Å². The van der Waals surface area contributed by atoms with Gasteiger partial charge >= 0.3 is 0 Å². The zero-order chi connectivity index (χ0) is 16.0. The molecule has 2 aromatic carbocycles. The summed E-state index contributed by atoms with van der Waals surface area (Å²) < 4.78 is 0. The van der Waals surface area contributed by atoms with Crippen LogP contribution in [-0.2, 0) is 13.0 Å². The van der Waals surface area contributed by atoms with Gasteiger partial charge in [0.2, 0.25) is 0 Å². The van der Waals surface area contributed by atoms with Crippen molar-refractivity contribution in [3.05, 3.63) is 59.7 Å². The van der Waals surface area contributed by atoms with Crippen molar-refractivity contribution in [3.63, 3.8) is 0 Å². The molecule has 0 aliphatic heterocycles. The Bertz CT molecular complexity index is 721. The maximum absolute atomic E-state index is 3.24. The maximum Gasteiger partial charge on any atom is 0.0233 e. The average molecular weight is 291 g/mol. The highest BCUT2D eigenvalue weighted by atomic mass is 14.8. The summed E-state index contributed by atoms with van der Waals surface area (Å²) in [5, 5.41) is 5.91. The number of fused-ring (bicyclic) bond motifs is 1. The molecule has 0 aliphatic rings. The molecule has 0 aromatic heterocycles. The van der Waals surface area contributed by atoms with Crippen LogP contribution in [0.3, 0.4) is 0 Å². The zero-order valence-electron chi connectivity index (χ0n) is 14.0. The smallest absolute Gasteiger partial charge is 0.0233 e. The van der Waals surface area contributed by atoms with Gasteiger partial charge in [0, 0.05) is 12.0 Å². The van der Waals surface area contributed by atoms with Crippen LogP contribution in [0.15, 0.2) is 48.6 Å². The highest BCUT2D eigenvalue weighted by Crippen LogP contribution is 2.23. The Labute approximate surface area is 134 Å². The van der Waals surface area contributed by atoms with Gasteiger partial charge in [-0.1, -0.05) is 54.3 Å². The van der Waals surface area contributed by atoms with E-state index in [1.165, 1.54) is 21.9 Å². The number of benzene rings is 2. The first-order chi connectivity index (χ1) is 10.5. The van der Waals surface area contributed by atoms with Crippen LogP contribution in [0.25, 0.3) is 10.8 Å². The van der Waals surface area contributed by atoms with Crippen LogP contribution >= 0.6 is 0 Å². The molecule has 1 nitrogen and oxygen atoms in total. The number of hydrogen-bond acceptors (Lipinski definition) is 1. The van der Waals surface area contributed by atoms with Gasteiger partial charge in [-0.15, -0.1) is 0 Å². The van der Waals surface area contributed by atoms with Crippen molar-refractivity contribution in [1.82, 2.24) is 5.32 Å². The summed E-state index contributed by atoms with van der Waals surface area (Å²) in [6.07, 6.45) is 5.04. The van der Waals surface area contributed by atoms with E-state index in [0.29, 0.717) is 0 Å². The lowest BCUT2D eigenvalue weighted by molar-refractivity contribution is 0.571. The summed E-state index contributed by atoms with van der Waals surface area (Å²) in [7, 11) is 1.99. The second kappa shape index (κ2) is 7.29. The summed E-state index contributed by atoms with van der Waals surface area (Å²) >= 11 is 0. The molecule has 2 aromatic rings. The van der Waals surface area contributed by atoms with Gasteiger partial charge in [0.1, 0.15) is 0 Å². The number of nitrogens with one attached hydrogen (secondary N) is 1. The van der Waals surface area contributed by atoms with E-state index in [-0.39, 0.29) is 5.41 Å². The van der Waals surface area contributed by atoms with Crippen LogP contribution in [-0.4, -0.2) is 7.05 Å². The lowest BCUT2D eigenvalue weighted by atomic mass is 9.97. The quantitative estimate of drug-likeness (QED) is 0.805. The Balaban J connectivity index is 2.23. The molecule has 0 bridgehead atoms. The van der Waals surface area contributed by atoms with Crippen LogP contribution in [0.2, 0.25) is 0 Å². The Morgan fingerprint density at radius 1 is 1.00 bits per heavy atom. The third kappa shape index (κ3) is 4.48. The Morgan fingerprint density at radius 3 is 2.27 bits per heavy atom. The van der Waals surface area contributed by atoms with E-state index in [0.717, 1.165) is 13.0 Å². The lowest BCUT2D eigenvalue weighted by Gasteiger charge is -2.10. The monoisotopic (exact) mass is 291 g/mol. The molecule has 2 rings (SSSR count). The van der Waals surface area contributed by atoms with E-state index in [4.69, 9.17) is 0 Å². The number of allylic oxidation sites excluding steroid dienone is 2. The first kappa shape index (κ1) is 16.3. The van der Waals surface area contributed by atoms with Gasteiger partial charge < -0.3 is 5.32 Å². The van der Waals surface area contributed by atoms with Gasteiger partial charge in [-0.05, 0) is 62.2 Å². The summed E-state index contributed by atoms with van der Waals surface area (Å²) in [6.45, 7) is 7.28. The van der Waals surface area contributed by atoms with E-state index >= 15 is 0 Å². The van der Waals surface area contributed by atoms with Crippen molar-refractivity contribution in [1.29, 1.82) is 0 Å². The highest BCUT2D eigenvalue weighted by Gasteiger charge is 2.04. The molecule has 0 spiro atoms. The molecule has 1 N–H and O–H groups in total. The van der Waals surface area contributed by atoms with Crippen LogP contribution in [0.5, 0.6) is 0 Å². The summed E-state index contributed by atoms with van der Waals surface area (Å²) in [5.74, 6) is 6.36. The van der Waals surface area contributed by atoms with Gasteiger partial charge in [0.25, 0.3) is 0 Å². The molecule has 0 unspecified atom stereocenters. The van der Waals surface area contributed by atoms with E-state index in [9.17, 15) is 0 Å². The van der Waals surface area contributed by atoms with Crippen molar-refractivity contribution in [3.8, 4) is 11.8 Å². The molecular weight excluding hydrogens is 266 g/mol. The highest BCUT2D eigenvalue weighted by molar-refractivity contribution is 5.88. The molecule has 1 heteroatoms. The van der Waals surface area contributed by atoms with Crippen molar-refractivity contribution in [2.75, 3.05) is 7.05 Å². The molecule has 0 atom stereocenters. The molecule has 0 radical (unpaired) electrons. The summed E-state index contributed by atoms with van der Waals surface area (Å²) in [5.41, 5.74) is 2.76. The zero-order valence-corrected chi connectivity index (χ0v) is 14.0. The summed E-state index contributed by atoms with van der Waals surface area (Å²) in [6, 6.07) is 13.1. The SMILES string of the molecule is CNCc1ccc(C/C=C/C#CC(C)(C)C)c2ccccc12. The van der Waals surface area contributed by atoms with E-state index in [1.54, 1.807) is 0 Å². The van der Waals surface area contributed by atoms with Crippen molar-refractivity contribution >= 4 is 10.8 Å². The van der Waals surface area contributed by atoms with Gasteiger partial charge in [-0.3, -0.25) is 0 Å².